The summed E-state index contributed by atoms with van der Waals surface area (Å²) in [6.07, 6.45) is -1.59. The number of hydrogen-bond acceptors (Lipinski definition) is 3. The number of nitrogens with zero attached hydrogens (tertiary/aromatic N) is 1. The van der Waals surface area contributed by atoms with Crippen LogP contribution in [0.15, 0.2) is 24.5 Å². The molecule has 0 bridgehead atoms. The summed E-state index contributed by atoms with van der Waals surface area (Å²) in [4.78, 5) is 3.81. The quantitative estimate of drug-likeness (QED) is 0.767. The number of aliphatic hydroxyl groups is 1. The molecular formula is C11H13F4NO2. The van der Waals surface area contributed by atoms with Gasteiger partial charge in [0.25, 0.3) is 0 Å². The van der Waals surface area contributed by atoms with E-state index in [0.29, 0.717) is 5.56 Å². The van der Waals surface area contributed by atoms with Gasteiger partial charge < -0.3 is 9.84 Å². The van der Waals surface area contributed by atoms with Crippen LogP contribution in [0.25, 0.3) is 0 Å². The molecule has 3 nitrogen and oxygen atoms in total. The summed E-state index contributed by atoms with van der Waals surface area (Å²) < 4.78 is 52.9. The molecule has 0 aliphatic heterocycles. The summed E-state index contributed by atoms with van der Waals surface area (Å²) in [6.45, 7) is -1.84. The van der Waals surface area contributed by atoms with Crippen molar-refractivity contribution >= 4 is 0 Å². The third-order valence-electron chi connectivity index (χ3n) is 2.12. The van der Waals surface area contributed by atoms with E-state index in [1.165, 1.54) is 6.20 Å². The topological polar surface area (TPSA) is 42.4 Å². The second kappa shape index (κ2) is 6.65. The van der Waals surface area contributed by atoms with Gasteiger partial charge in [-0.3, -0.25) is 4.98 Å². The number of hydrogen-bond donors (Lipinski definition) is 1. The third kappa shape index (κ3) is 4.97. The van der Waals surface area contributed by atoms with Gasteiger partial charge >= 0.3 is 12.3 Å². The van der Waals surface area contributed by atoms with E-state index in [0.717, 1.165) is 0 Å². The maximum Gasteiger partial charge on any atom is 0.330 e. The van der Waals surface area contributed by atoms with Crippen LogP contribution in [-0.4, -0.2) is 41.8 Å². The number of aliphatic hydroxyl groups excluding tert-OH is 1. The predicted molar refractivity (Wildman–Crippen MR) is 55.7 cm³/mol. The Morgan fingerprint density at radius 2 is 2.11 bits per heavy atom. The van der Waals surface area contributed by atoms with E-state index in [1.54, 1.807) is 18.3 Å². The maximum absolute atomic E-state index is 12.5. The van der Waals surface area contributed by atoms with E-state index in [-0.39, 0.29) is 6.42 Å². The molecule has 1 unspecified atom stereocenters. The normalized spacial score (nSPS) is 13.9. The molecule has 0 aliphatic rings. The van der Waals surface area contributed by atoms with Crippen LogP contribution in [0.1, 0.15) is 5.56 Å². The number of alkyl halides is 4. The molecule has 0 amide bonds. The molecular weight excluding hydrogens is 254 g/mol. The molecule has 18 heavy (non-hydrogen) atoms. The van der Waals surface area contributed by atoms with Crippen LogP contribution >= 0.6 is 0 Å². The predicted octanol–water partition coefficient (Wildman–Crippen LogP) is 1.90. The molecule has 0 fully saturated rings. The van der Waals surface area contributed by atoms with Crippen LogP contribution in [0.5, 0.6) is 0 Å². The monoisotopic (exact) mass is 267 g/mol. The van der Waals surface area contributed by atoms with Gasteiger partial charge in [-0.15, -0.1) is 0 Å². The Labute approximate surface area is 101 Å². The first-order valence-corrected chi connectivity index (χ1v) is 5.22. The molecule has 0 aromatic carbocycles. The van der Waals surface area contributed by atoms with Crippen molar-refractivity contribution < 1.29 is 27.4 Å². The minimum absolute atomic E-state index is 0.161. The first kappa shape index (κ1) is 14.8. The molecule has 1 aromatic heterocycles. The molecule has 1 rings (SSSR count). The number of ether oxygens (including phenoxy) is 1. The lowest BCUT2D eigenvalue weighted by atomic mass is 10.1. The van der Waals surface area contributed by atoms with Crippen LogP contribution in [0.3, 0.4) is 0 Å². The van der Waals surface area contributed by atoms with Gasteiger partial charge in [-0.1, -0.05) is 6.07 Å². The van der Waals surface area contributed by atoms with Crippen LogP contribution in [0, 0.1) is 0 Å². The molecule has 1 aromatic rings. The summed E-state index contributed by atoms with van der Waals surface area (Å²) in [6, 6.07) is 3.36. The van der Waals surface area contributed by atoms with Crippen LogP contribution in [0.2, 0.25) is 0 Å². The van der Waals surface area contributed by atoms with Crippen LogP contribution in [-0.2, 0) is 11.2 Å². The van der Waals surface area contributed by atoms with Gasteiger partial charge in [0, 0.05) is 18.8 Å². The summed E-state index contributed by atoms with van der Waals surface area (Å²) >= 11 is 0. The minimum Gasteiger partial charge on any atom is -0.390 e. The molecule has 0 saturated carbocycles. The van der Waals surface area contributed by atoms with Gasteiger partial charge in [0.15, 0.2) is 0 Å². The van der Waals surface area contributed by atoms with Crippen molar-refractivity contribution in [1.29, 1.82) is 0 Å². The Hall–Kier alpha value is -1.21. The smallest absolute Gasteiger partial charge is 0.330 e. The van der Waals surface area contributed by atoms with E-state index < -0.39 is 31.7 Å². The SMILES string of the molecule is OC(COCC(F)(F)C(F)F)Cc1cccnc1. The summed E-state index contributed by atoms with van der Waals surface area (Å²) in [5, 5.41) is 9.45. The molecule has 1 N–H and O–H groups in total. The van der Waals surface area contributed by atoms with Gasteiger partial charge in [-0.05, 0) is 11.6 Å². The lowest BCUT2D eigenvalue weighted by Gasteiger charge is -2.17. The fourth-order valence-electron chi connectivity index (χ4n) is 1.24. The van der Waals surface area contributed by atoms with Gasteiger partial charge in [0.1, 0.15) is 6.61 Å². The zero-order valence-corrected chi connectivity index (χ0v) is 9.40. The minimum atomic E-state index is -4.19. The molecule has 0 radical (unpaired) electrons. The van der Waals surface area contributed by atoms with Crippen molar-refractivity contribution in [3.63, 3.8) is 0 Å². The molecule has 1 atom stereocenters. The third-order valence-corrected chi connectivity index (χ3v) is 2.12. The highest BCUT2D eigenvalue weighted by Crippen LogP contribution is 2.22. The summed E-state index contributed by atoms with van der Waals surface area (Å²) in [5.41, 5.74) is 0.703. The molecule has 0 saturated heterocycles. The van der Waals surface area contributed by atoms with E-state index >= 15 is 0 Å². The average Bonchev–Trinajstić information content (AvgIpc) is 2.29. The standard InChI is InChI=1S/C11H13F4NO2/c12-10(13)11(14,15)7-18-6-9(17)4-8-2-1-3-16-5-8/h1-3,5,9-10,17H,4,6-7H2. The average molecular weight is 267 g/mol. The highest BCUT2D eigenvalue weighted by Gasteiger charge is 2.41. The Bertz CT molecular complexity index is 348. The van der Waals surface area contributed by atoms with E-state index in [4.69, 9.17) is 0 Å². The van der Waals surface area contributed by atoms with Crippen molar-refractivity contribution in [2.45, 2.75) is 24.9 Å². The van der Waals surface area contributed by atoms with E-state index in [1.807, 2.05) is 0 Å². The van der Waals surface area contributed by atoms with Gasteiger partial charge in [-0.2, -0.15) is 8.78 Å². The second-order valence-corrected chi connectivity index (χ2v) is 3.80. The zero-order chi connectivity index (χ0) is 13.6. The maximum atomic E-state index is 12.5. The van der Waals surface area contributed by atoms with Gasteiger partial charge in [0.2, 0.25) is 0 Å². The molecule has 0 aliphatic carbocycles. The number of aromatic nitrogens is 1. The molecule has 0 spiro atoms. The van der Waals surface area contributed by atoms with Crippen molar-refractivity contribution in [2.24, 2.45) is 0 Å². The van der Waals surface area contributed by atoms with E-state index in [9.17, 15) is 22.7 Å². The fraction of sp³-hybridized carbons (Fsp3) is 0.545. The summed E-state index contributed by atoms with van der Waals surface area (Å²) in [7, 11) is 0. The molecule has 1 heterocycles. The fourth-order valence-corrected chi connectivity index (χ4v) is 1.24. The van der Waals surface area contributed by atoms with Crippen molar-refractivity contribution in [3.8, 4) is 0 Å². The molecule has 7 heteroatoms. The molecule has 102 valence electrons. The lowest BCUT2D eigenvalue weighted by Crippen LogP contribution is -2.34. The highest BCUT2D eigenvalue weighted by molar-refractivity contribution is 5.09. The Balaban J connectivity index is 2.28. The highest BCUT2D eigenvalue weighted by atomic mass is 19.3. The van der Waals surface area contributed by atoms with Crippen LogP contribution < -0.4 is 0 Å². The lowest BCUT2D eigenvalue weighted by molar-refractivity contribution is -0.170. The Morgan fingerprint density at radius 1 is 1.39 bits per heavy atom. The number of pyridine rings is 1. The van der Waals surface area contributed by atoms with Crippen molar-refractivity contribution in [3.05, 3.63) is 30.1 Å². The van der Waals surface area contributed by atoms with Gasteiger partial charge in [-0.25, -0.2) is 8.78 Å². The van der Waals surface area contributed by atoms with Gasteiger partial charge in [0.05, 0.1) is 12.7 Å². The Kier molecular flexibility index (Phi) is 5.49. The first-order chi connectivity index (χ1) is 8.42. The van der Waals surface area contributed by atoms with E-state index in [2.05, 4.69) is 9.72 Å². The van der Waals surface area contributed by atoms with Crippen molar-refractivity contribution in [1.82, 2.24) is 4.98 Å². The number of halogens is 4. The Morgan fingerprint density at radius 3 is 2.67 bits per heavy atom. The van der Waals surface area contributed by atoms with Crippen LogP contribution in [0.4, 0.5) is 17.6 Å². The number of rotatable bonds is 7. The summed E-state index contributed by atoms with van der Waals surface area (Å²) in [5.74, 6) is -4.19. The first-order valence-electron chi connectivity index (χ1n) is 5.22. The zero-order valence-electron chi connectivity index (χ0n) is 9.40. The van der Waals surface area contributed by atoms with Crippen molar-refractivity contribution in [2.75, 3.05) is 13.2 Å². The second-order valence-electron chi connectivity index (χ2n) is 3.80. The largest absolute Gasteiger partial charge is 0.390 e.